The Morgan fingerprint density at radius 2 is 0.481 bits per heavy atom. The zero-order chi connectivity index (χ0) is 57.1. The zero-order valence-corrected chi connectivity index (χ0v) is 52.6. The maximum absolute atomic E-state index is 12.9. The molecule has 0 heterocycles. The summed E-state index contributed by atoms with van der Waals surface area (Å²) in [7, 11) is 0. The lowest BCUT2D eigenvalue weighted by Crippen LogP contribution is -2.30. The van der Waals surface area contributed by atoms with Crippen LogP contribution in [-0.4, -0.2) is 37.2 Å². The molecule has 1 atom stereocenters. The summed E-state index contributed by atoms with van der Waals surface area (Å²) in [5, 5.41) is 0. The van der Waals surface area contributed by atoms with Gasteiger partial charge in [-0.3, -0.25) is 14.4 Å². The second kappa shape index (κ2) is 67.4. The number of ether oxygens (including phenoxy) is 3. The van der Waals surface area contributed by atoms with Crippen molar-refractivity contribution in [3.05, 3.63) is 72.9 Å². The van der Waals surface area contributed by atoms with E-state index in [1.807, 2.05) is 0 Å². The minimum absolute atomic E-state index is 0.0825. The second-order valence-corrected chi connectivity index (χ2v) is 23.1. The Kier molecular flexibility index (Phi) is 64.7. The van der Waals surface area contributed by atoms with E-state index in [1.165, 1.54) is 193 Å². The minimum Gasteiger partial charge on any atom is -0.462 e. The summed E-state index contributed by atoms with van der Waals surface area (Å²) in [4.78, 5) is 38.2. The molecule has 0 saturated heterocycles. The van der Waals surface area contributed by atoms with E-state index in [-0.39, 0.29) is 31.1 Å². The van der Waals surface area contributed by atoms with Gasteiger partial charge in [-0.2, -0.15) is 0 Å². The van der Waals surface area contributed by atoms with E-state index < -0.39 is 6.10 Å². The first kappa shape index (κ1) is 75.8. The molecular weight excluding hydrogens is 973 g/mol. The van der Waals surface area contributed by atoms with Gasteiger partial charge >= 0.3 is 17.9 Å². The summed E-state index contributed by atoms with van der Waals surface area (Å²) in [6, 6.07) is 0. The molecule has 0 aliphatic carbocycles. The van der Waals surface area contributed by atoms with Crippen LogP contribution < -0.4 is 0 Å². The molecular formula is C73H130O6. The maximum Gasteiger partial charge on any atom is 0.306 e. The Balaban J connectivity index is 4.04. The predicted molar refractivity (Wildman–Crippen MR) is 344 cm³/mol. The van der Waals surface area contributed by atoms with E-state index in [9.17, 15) is 14.4 Å². The lowest BCUT2D eigenvalue weighted by atomic mass is 10.0. The minimum atomic E-state index is -0.787. The molecule has 0 radical (unpaired) electrons. The number of hydrogen-bond donors (Lipinski definition) is 0. The van der Waals surface area contributed by atoms with Crippen LogP contribution in [-0.2, 0) is 28.6 Å². The van der Waals surface area contributed by atoms with E-state index in [0.717, 1.165) is 122 Å². The van der Waals surface area contributed by atoms with Gasteiger partial charge in [0.1, 0.15) is 13.2 Å². The van der Waals surface area contributed by atoms with Crippen LogP contribution >= 0.6 is 0 Å². The molecule has 0 aliphatic heterocycles. The van der Waals surface area contributed by atoms with Crippen molar-refractivity contribution in [2.24, 2.45) is 0 Å². The lowest BCUT2D eigenvalue weighted by Gasteiger charge is -2.18. The average Bonchev–Trinajstić information content (AvgIpc) is 3.45. The normalized spacial score (nSPS) is 12.5. The Labute approximate surface area is 491 Å². The largest absolute Gasteiger partial charge is 0.462 e. The monoisotopic (exact) mass is 1100 g/mol. The third-order valence-corrected chi connectivity index (χ3v) is 15.1. The summed E-state index contributed by atoms with van der Waals surface area (Å²) >= 11 is 0. The number of hydrogen-bond acceptors (Lipinski definition) is 6. The SMILES string of the molecule is CCC/C=C\C/C=C\CCCCCCCC(=O)OCC(COC(=O)CCCCCCCCCCCCCCCCCCCCCCCCC/C=C\C/C=C\CCCCCCC)OC(=O)CCCCCCC/C=C\C/C=C\CCC. The summed E-state index contributed by atoms with van der Waals surface area (Å²) in [5.41, 5.74) is 0. The molecule has 0 spiro atoms. The highest BCUT2D eigenvalue weighted by molar-refractivity contribution is 5.71. The molecule has 79 heavy (non-hydrogen) atoms. The highest BCUT2D eigenvalue weighted by Gasteiger charge is 2.19. The molecule has 0 rings (SSSR count). The van der Waals surface area contributed by atoms with E-state index in [2.05, 4.69) is 93.7 Å². The maximum atomic E-state index is 12.9. The van der Waals surface area contributed by atoms with Gasteiger partial charge < -0.3 is 14.2 Å². The van der Waals surface area contributed by atoms with Crippen molar-refractivity contribution in [2.75, 3.05) is 13.2 Å². The molecule has 0 aliphatic rings. The molecule has 0 aromatic rings. The molecule has 1 unspecified atom stereocenters. The van der Waals surface area contributed by atoms with Crippen LogP contribution in [0.1, 0.15) is 355 Å². The van der Waals surface area contributed by atoms with Crippen LogP contribution in [0.3, 0.4) is 0 Å². The van der Waals surface area contributed by atoms with Gasteiger partial charge in [-0.25, -0.2) is 0 Å². The van der Waals surface area contributed by atoms with Crippen molar-refractivity contribution in [2.45, 2.75) is 361 Å². The van der Waals surface area contributed by atoms with E-state index >= 15 is 0 Å². The van der Waals surface area contributed by atoms with Crippen LogP contribution in [0.5, 0.6) is 0 Å². The van der Waals surface area contributed by atoms with Crippen LogP contribution in [0.4, 0.5) is 0 Å². The third-order valence-electron chi connectivity index (χ3n) is 15.1. The Morgan fingerprint density at radius 3 is 0.747 bits per heavy atom. The Morgan fingerprint density at radius 1 is 0.253 bits per heavy atom. The van der Waals surface area contributed by atoms with E-state index in [4.69, 9.17) is 14.2 Å². The van der Waals surface area contributed by atoms with E-state index in [1.54, 1.807) is 0 Å². The number of allylic oxidation sites excluding steroid dienone is 12. The fourth-order valence-corrected chi connectivity index (χ4v) is 9.96. The van der Waals surface area contributed by atoms with Crippen LogP contribution in [0, 0.1) is 0 Å². The first-order valence-electron chi connectivity index (χ1n) is 34.4. The molecule has 0 aromatic carbocycles. The summed E-state index contributed by atoms with van der Waals surface area (Å²) in [6.07, 6.45) is 88.1. The molecule has 0 saturated carbocycles. The van der Waals surface area contributed by atoms with Gasteiger partial charge in [-0.1, -0.05) is 306 Å². The smallest absolute Gasteiger partial charge is 0.306 e. The van der Waals surface area contributed by atoms with Crippen LogP contribution in [0.25, 0.3) is 0 Å². The topological polar surface area (TPSA) is 78.9 Å². The summed E-state index contributed by atoms with van der Waals surface area (Å²) < 4.78 is 16.9. The van der Waals surface area contributed by atoms with Gasteiger partial charge in [-0.15, -0.1) is 0 Å². The van der Waals surface area contributed by atoms with Gasteiger partial charge in [0.2, 0.25) is 0 Å². The number of unbranched alkanes of at least 4 members (excludes halogenated alkanes) is 40. The highest BCUT2D eigenvalue weighted by Crippen LogP contribution is 2.18. The van der Waals surface area contributed by atoms with Gasteiger partial charge in [0.05, 0.1) is 0 Å². The molecule has 0 fully saturated rings. The number of esters is 3. The first-order valence-corrected chi connectivity index (χ1v) is 34.4. The molecule has 0 bridgehead atoms. The average molecular weight is 1100 g/mol. The van der Waals surface area contributed by atoms with Crippen molar-refractivity contribution in [1.82, 2.24) is 0 Å². The van der Waals surface area contributed by atoms with Crippen molar-refractivity contribution >= 4 is 17.9 Å². The second-order valence-electron chi connectivity index (χ2n) is 23.1. The third kappa shape index (κ3) is 65.5. The van der Waals surface area contributed by atoms with Gasteiger partial charge in [0.25, 0.3) is 0 Å². The van der Waals surface area contributed by atoms with E-state index in [0.29, 0.717) is 19.3 Å². The van der Waals surface area contributed by atoms with Crippen LogP contribution in [0.2, 0.25) is 0 Å². The molecule has 0 N–H and O–H groups in total. The fourth-order valence-electron chi connectivity index (χ4n) is 9.96. The van der Waals surface area contributed by atoms with Crippen molar-refractivity contribution in [3.8, 4) is 0 Å². The zero-order valence-electron chi connectivity index (χ0n) is 52.6. The predicted octanol–water partition coefficient (Wildman–Crippen LogP) is 23.7. The number of carbonyl (C=O) groups is 3. The molecule has 0 amide bonds. The quantitative estimate of drug-likeness (QED) is 0.0261. The first-order chi connectivity index (χ1) is 39.0. The standard InChI is InChI=1S/C73H130O6/c1-4-7-10-13-16-19-22-25-26-27-28-29-30-31-32-33-34-35-36-37-38-39-40-41-42-43-44-45-46-49-51-54-57-60-63-66-72(75)78-69-70(79-73(76)67-64-61-58-55-52-48-24-21-18-15-12-9-6-3)68-77-71(74)65-62-59-56-53-50-47-23-20-17-14-11-8-5-2/h11-12,14-15,20-25,27-28,70H,4-10,13,16-19,26,29-69H2,1-3H3/b14-11-,15-12-,23-20-,24-21-,25-22-,28-27-. The molecule has 0 aromatic heterocycles. The van der Waals surface area contributed by atoms with Crippen molar-refractivity contribution < 1.29 is 28.6 Å². The summed E-state index contributed by atoms with van der Waals surface area (Å²) in [5.74, 6) is -0.897. The summed E-state index contributed by atoms with van der Waals surface area (Å²) in [6.45, 7) is 6.51. The van der Waals surface area contributed by atoms with Crippen molar-refractivity contribution in [1.29, 1.82) is 0 Å². The molecule has 458 valence electrons. The van der Waals surface area contributed by atoms with Gasteiger partial charge in [0.15, 0.2) is 6.10 Å². The Bertz CT molecular complexity index is 1450. The fraction of sp³-hybridized carbons (Fsp3) is 0.795. The molecule has 6 nitrogen and oxygen atoms in total. The Hall–Kier alpha value is -3.15. The lowest BCUT2D eigenvalue weighted by molar-refractivity contribution is -0.167. The highest BCUT2D eigenvalue weighted by atomic mass is 16.6. The van der Waals surface area contributed by atoms with Crippen LogP contribution in [0.15, 0.2) is 72.9 Å². The number of carbonyl (C=O) groups excluding carboxylic acids is 3. The van der Waals surface area contributed by atoms with Gasteiger partial charge in [0, 0.05) is 19.3 Å². The van der Waals surface area contributed by atoms with Gasteiger partial charge in [-0.05, 0) is 103 Å². The van der Waals surface area contributed by atoms with Crippen molar-refractivity contribution in [3.63, 3.8) is 0 Å². The number of rotatable bonds is 63. The molecule has 6 heteroatoms.